The van der Waals surface area contributed by atoms with Crippen molar-refractivity contribution in [1.82, 2.24) is 10.3 Å². The molecule has 1 amide bonds. The summed E-state index contributed by atoms with van der Waals surface area (Å²) >= 11 is 1.19. The minimum absolute atomic E-state index is 0.139. The molecule has 0 aliphatic carbocycles. The molecule has 6 nitrogen and oxygen atoms in total. The van der Waals surface area contributed by atoms with Gasteiger partial charge in [-0.2, -0.15) is 0 Å². The molecule has 0 aliphatic rings. The molecule has 0 aromatic carbocycles. The van der Waals surface area contributed by atoms with Crippen molar-refractivity contribution in [3.63, 3.8) is 0 Å². The van der Waals surface area contributed by atoms with E-state index in [1.165, 1.54) is 30.1 Å². The summed E-state index contributed by atoms with van der Waals surface area (Å²) in [6, 6.07) is 2.85. The highest BCUT2D eigenvalue weighted by atomic mass is 32.2. The molecule has 0 atom stereocenters. The third kappa shape index (κ3) is 5.15. The molecule has 1 aromatic rings. The van der Waals surface area contributed by atoms with Gasteiger partial charge in [0.2, 0.25) is 5.91 Å². The number of carbonyl (C=O) groups is 2. The number of amides is 1. The molecule has 1 rings (SSSR count). The molecule has 7 heteroatoms. The van der Waals surface area contributed by atoms with Crippen LogP contribution in [0.25, 0.3) is 0 Å². The zero-order valence-corrected chi connectivity index (χ0v) is 10.7. The van der Waals surface area contributed by atoms with Crippen molar-refractivity contribution in [2.24, 2.45) is 0 Å². The molecule has 0 spiro atoms. The molecular formula is C11H14N2O4S. The van der Waals surface area contributed by atoms with Crippen molar-refractivity contribution in [2.45, 2.75) is 5.03 Å². The van der Waals surface area contributed by atoms with Crippen molar-refractivity contribution in [1.29, 1.82) is 0 Å². The van der Waals surface area contributed by atoms with E-state index in [1.807, 2.05) is 0 Å². The number of carboxylic acids is 1. The predicted octanol–water partition coefficient (Wildman–Crippen LogP) is 0.634. The third-order valence-corrected chi connectivity index (χ3v) is 2.89. The van der Waals surface area contributed by atoms with Crippen molar-refractivity contribution < 1.29 is 19.4 Å². The molecule has 0 fully saturated rings. The summed E-state index contributed by atoms with van der Waals surface area (Å²) < 4.78 is 4.80. The lowest BCUT2D eigenvalue weighted by molar-refractivity contribution is -0.118. The van der Waals surface area contributed by atoms with Crippen LogP contribution in [0.15, 0.2) is 23.4 Å². The van der Waals surface area contributed by atoms with Crippen LogP contribution in [0.2, 0.25) is 0 Å². The summed E-state index contributed by atoms with van der Waals surface area (Å²) in [4.78, 5) is 26.1. The van der Waals surface area contributed by atoms with E-state index in [1.54, 1.807) is 7.11 Å². The van der Waals surface area contributed by atoms with E-state index in [0.717, 1.165) is 0 Å². The quantitative estimate of drug-likeness (QED) is 0.558. The maximum absolute atomic E-state index is 11.4. The number of hydrogen-bond acceptors (Lipinski definition) is 5. The third-order valence-electron chi connectivity index (χ3n) is 1.96. The van der Waals surface area contributed by atoms with Gasteiger partial charge in [-0.25, -0.2) is 9.78 Å². The second-order valence-corrected chi connectivity index (χ2v) is 4.31. The van der Waals surface area contributed by atoms with Crippen molar-refractivity contribution in [3.05, 3.63) is 23.9 Å². The Morgan fingerprint density at radius 1 is 1.56 bits per heavy atom. The summed E-state index contributed by atoms with van der Waals surface area (Å²) in [6.07, 6.45) is 1.41. The first-order valence-corrected chi connectivity index (χ1v) is 6.20. The molecule has 0 saturated heterocycles. The molecular weight excluding hydrogens is 256 g/mol. The van der Waals surface area contributed by atoms with Gasteiger partial charge in [0.25, 0.3) is 0 Å². The number of ether oxygens (including phenoxy) is 1. The number of pyridine rings is 1. The number of nitrogens with one attached hydrogen (secondary N) is 1. The first kappa shape index (κ1) is 14.5. The first-order chi connectivity index (χ1) is 8.63. The molecule has 1 aromatic heterocycles. The fourth-order valence-electron chi connectivity index (χ4n) is 1.10. The van der Waals surface area contributed by atoms with Gasteiger partial charge in [0, 0.05) is 19.9 Å². The lowest BCUT2D eigenvalue weighted by atomic mass is 10.3. The van der Waals surface area contributed by atoms with Gasteiger partial charge in [-0.3, -0.25) is 4.79 Å². The lowest BCUT2D eigenvalue weighted by Gasteiger charge is -2.04. The van der Waals surface area contributed by atoms with E-state index in [4.69, 9.17) is 9.84 Å². The minimum Gasteiger partial charge on any atom is -0.478 e. The van der Waals surface area contributed by atoms with Crippen LogP contribution in [0.4, 0.5) is 0 Å². The number of carbonyl (C=O) groups excluding carboxylic acids is 1. The monoisotopic (exact) mass is 270 g/mol. The number of rotatable bonds is 7. The maximum atomic E-state index is 11.4. The Bertz CT molecular complexity index is 425. The number of carboxylic acid groups (broad SMARTS) is 1. The number of hydrogen-bond donors (Lipinski definition) is 2. The second kappa shape index (κ2) is 7.67. The Kier molecular flexibility index (Phi) is 6.16. The van der Waals surface area contributed by atoms with Gasteiger partial charge in [0.15, 0.2) is 0 Å². The Labute approximate surface area is 109 Å². The highest BCUT2D eigenvalue weighted by Crippen LogP contribution is 2.15. The van der Waals surface area contributed by atoms with Crippen LogP contribution >= 0.6 is 11.8 Å². The van der Waals surface area contributed by atoms with E-state index in [0.29, 0.717) is 18.2 Å². The molecule has 0 aliphatic heterocycles. The SMILES string of the molecule is COCCNC(=O)CSc1cc(C(=O)O)ccn1. The van der Waals surface area contributed by atoms with Crippen LogP contribution in [0, 0.1) is 0 Å². The highest BCUT2D eigenvalue weighted by molar-refractivity contribution is 7.99. The van der Waals surface area contributed by atoms with Gasteiger partial charge in [-0.1, -0.05) is 11.8 Å². The normalized spacial score (nSPS) is 10.1. The van der Waals surface area contributed by atoms with E-state index < -0.39 is 5.97 Å². The van der Waals surface area contributed by atoms with Gasteiger partial charge in [-0.15, -0.1) is 0 Å². The predicted molar refractivity (Wildman–Crippen MR) is 66.8 cm³/mol. The van der Waals surface area contributed by atoms with Gasteiger partial charge >= 0.3 is 5.97 Å². The Morgan fingerprint density at radius 2 is 2.33 bits per heavy atom. The fourth-order valence-corrected chi connectivity index (χ4v) is 1.83. The van der Waals surface area contributed by atoms with Crippen LogP contribution < -0.4 is 5.32 Å². The summed E-state index contributed by atoms with van der Waals surface area (Å²) in [6.45, 7) is 0.918. The second-order valence-electron chi connectivity index (χ2n) is 3.32. The molecule has 0 saturated carbocycles. The number of thioether (sulfide) groups is 1. The molecule has 2 N–H and O–H groups in total. The minimum atomic E-state index is -1.01. The van der Waals surface area contributed by atoms with E-state index in [9.17, 15) is 9.59 Å². The number of nitrogens with zero attached hydrogens (tertiary/aromatic N) is 1. The lowest BCUT2D eigenvalue weighted by Crippen LogP contribution is -2.28. The number of aromatic nitrogens is 1. The zero-order valence-electron chi connectivity index (χ0n) is 9.88. The first-order valence-electron chi connectivity index (χ1n) is 5.21. The molecule has 0 radical (unpaired) electrons. The summed E-state index contributed by atoms with van der Waals surface area (Å²) in [5.74, 6) is -0.955. The Hall–Kier alpha value is -1.60. The fraction of sp³-hybridized carbons (Fsp3) is 0.364. The van der Waals surface area contributed by atoms with Gasteiger partial charge in [-0.05, 0) is 12.1 Å². The molecule has 1 heterocycles. The Balaban J connectivity index is 2.41. The number of methoxy groups -OCH3 is 1. The largest absolute Gasteiger partial charge is 0.478 e. The van der Waals surface area contributed by atoms with Gasteiger partial charge < -0.3 is 15.2 Å². The van der Waals surface area contributed by atoms with Crippen molar-refractivity contribution in [2.75, 3.05) is 26.0 Å². The van der Waals surface area contributed by atoms with Crippen LogP contribution in [0.1, 0.15) is 10.4 Å². The highest BCUT2D eigenvalue weighted by Gasteiger charge is 2.07. The van der Waals surface area contributed by atoms with Gasteiger partial charge in [0.05, 0.1) is 22.9 Å². The van der Waals surface area contributed by atoms with Crippen molar-refractivity contribution in [3.8, 4) is 0 Å². The molecule has 0 bridgehead atoms. The average molecular weight is 270 g/mol. The van der Waals surface area contributed by atoms with Crippen LogP contribution in [-0.2, 0) is 9.53 Å². The molecule has 0 unspecified atom stereocenters. The summed E-state index contributed by atoms with van der Waals surface area (Å²) in [7, 11) is 1.56. The zero-order chi connectivity index (χ0) is 13.4. The average Bonchev–Trinajstić information content (AvgIpc) is 2.37. The maximum Gasteiger partial charge on any atom is 0.335 e. The molecule has 18 heavy (non-hydrogen) atoms. The van der Waals surface area contributed by atoms with E-state index >= 15 is 0 Å². The smallest absolute Gasteiger partial charge is 0.335 e. The standard InChI is InChI=1S/C11H14N2O4S/c1-17-5-4-12-9(14)7-18-10-6-8(11(15)16)2-3-13-10/h2-3,6H,4-5,7H2,1H3,(H,12,14)(H,15,16). The van der Waals surface area contributed by atoms with Gasteiger partial charge in [0.1, 0.15) is 0 Å². The topological polar surface area (TPSA) is 88.5 Å². The van der Waals surface area contributed by atoms with E-state index in [2.05, 4.69) is 10.3 Å². The molecule has 98 valence electrons. The number of aromatic carboxylic acids is 1. The van der Waals surface area contributed by atoms with Crippen LogP contribution in [0.3, 0.4) is 0 Å². The van der Waals surface area contributed by atoms with E-state index in [-0.39, 0.29) is 17.2 Å². The summed E-state index contributed by atoms with van der Waals surface area (Å²) in [5.41, 5.74) is 0.160. The van der Waals surface area contributed by atoms with Crippen molar-refractivity contribution >= 4 is 23.6 Å². The van der Waals surface area contributed by atoms with Crippen LogP contribution in [0.5, 0.6) is 0 Å². The van der Waals surface area contributed by atoms with Crippen LogP contribution in [-0.4, -0.2) is 48.0 Å². The Morgan fingerprint density at radius 3 is 3.00 bits per heavy atom. The summed E-state index contributed by atoms with van der Waals surface area (Å²) in [5, 5.41) is 12.0.